The van der Waals surface area contributed by atoms with Crippen molar-refractivity contribution >= 4 is 0 Å². The van der Waals surface area contributed by atoms with E-state index in [4.69, 9.17) is 0 Å². The maximum atomic E-state index is 3.19. The van der Waals surface area contributed by atoms with Crippen LogP contribution in [0.5, 0.6) is 0 Å². The van der Waals surface area contributed by atoms with Crippen LogP contribution in [0.3, 0.4) is 0 Å². The molecule has 0 radical (unpaired) electrons. The average molecular weight is 199 g/mol. The number of rotatable bonds is 6. The molecule has 0 amide bonds. The Morgan fingerprint density at radius 3 is 2.21 bits per heavy atom. The van der Waals surface area contributed by atoms with Crippen LogP contribution in [-0.4, -0.2) is 63.2 Å². The third kappa shape index (κ3) is 2.69. The van der Waals surface area contributed by atoms with E-state index in [1.807, 2.05) is 7.05 Å². The van der Waals surface area contributed by atoms with Gasteiger partial charge in [0, 0.05) is 25.2 Å². The average Bonchev–Trinajstić information content (AvgIpc) is 2.07. The van der Waals surface area contributed by atoms with Gasteiger partial charge in [-0.1, -0.05) is 0 Å². The number of likely N-dealkylation sites (N-methyl/N-ethyl adjacent to an activating group) is 3. The molecule has 84 valence electrons. The fourth-order valence-corrected chi connectivity index (χ4v) is 2.22. The molecule has 3 nitrogen and oxygen atoms in total. The molecule has 0 aromatic carbocycles. The van der Waals surface area contributed by atoms with Gasteiger partial charge in [0.05, 0.1) is 0 Å². The second kappa shape index (κ2) is 5.10. The van der Waals surface area contributed by atoms with Crippen molar-refractivity contribution in [3.05, 3.63) is 0 Å². The lowest BCUT2D eigenvalue weighted by Crippen LogP contribution is -2.57. The first kappa shape index (κ1) is 12.0. The fraction of sp³-hybridized carbons (Fsp3) is 1.00. The minimum absolute atomic E-state index is 0.475. The van der Waals surface area contributed by atoms with Gasteiger partial charge in [0.15, 0.2) is 0 Å². The molecule has 1 N–H and O–H groups in total. The molecular weight excluding hydrogens is 174 g/mol. The zero-order chi connectivity index (χ0) is 10.6. The Hall–Kier alpha value is -0.120. The summed E-state index contributed by atoms with van der Waals surface area (Å²) in [5, 5.41) is 3.19. The number of hydrogen-bond acceptors (Lipinski definition) is 3. The number of hydrogen-bond donors (Lipinski definition) is 1. The molecule has 0 heterocycles. The van der Waals surface area contributed by atoms with Crippen molar-refractivity contribution < 1.29 is 0 Å². The van der Waals surface area contributed by atoms with E-state index in [1.165, 1.54) is 25.8 Å². The molecule has 3 heteroatoms. The summed E-state index contributed by atoms with van der Waals surface area (Å²) in [6.07, 6.45) is 4.13. The van der Waals surface area contributed by atoms with Crippen LogP contribution in [-0.2, 0) is 0 Å². The summed E-state index contributed by atoms with van der Waals surface area (Å²) in [7, 11) is 8.66. The molecular formula is C11H25N3. The second-order valence-electron chi connectivity index (χ2n) is 4.81. The Labute approximate surface area is 88.5 Å². The quantitative estimate of drug-likeness (QED) is 0.676. The topological polar surface area (TPSA) is 18.5 Å². The van der Waals surface area contributed by atoms with Crippen molar-refractivity contribution in [1.29, 1.82) is 0 Å². The SMILES string of the molecule is CNCCN(C)CC1(N(C)C)CCC1. The second-order valence-corrected chi connectivity index (χ2v) is 4.81. The maximum absolute atomic E-state index is 3.19. The van der Waals surface area contributed by atoms with Gasteiger partial charge in [-0.2, -0.15) is 0 Å². The van der Waals surface area contributed by atoms with E-state index >= 15 is 0 Å². The molecule has 0 bridgehead atoms. The summed E-state index contributed by atoms with van der Waals surface area (Å²) in [4.78, 5) is 4.85. The summed E-state index contributed by atoms with van der Waals surface area (Å²) < 4.78 is 0. The van der Waals surface area contributed by atoms with Crippen LogP contribution in [0.2, 0.25) is 0 Å². The van der Waals surface area contributed by atoms with Crippen molar-refractivity contribution in [2.45, 2.75) is 24.8 Å². The van der Waals surface area contributed by atoms with Crippen LogP contribution in [0.1, 0.15) is 19.3 Å². The molecule has 1 aliphatic carbocycles. The van der Waals surface area contributed by atoms with Crippen molar-refractivity contribution in [3.63, 3.8) is 0 Å². The van der Waals surface area contributed by atoms with E-state index < -0.39 is 0 Å². The van der Waals surface area contributed by atoms with Gasteiger partial charge in [0.2, 0.25) is 0 Å². The predicted molar refractivity (Wildman–Crippen MR) is 61.7 cm³/mol. The monoisotopic (exact) mass is 199 g/mol. The highest BCUT2D eigenvalue weighted by Crippen LogP contribution is 2.36. The zero-order valence-electron chi connectivity index (χ0n) is 10.1. The Morgan fingerprint density at radius 2 is 1.86 bits per heavy atom. The summed E-state index contributed by atoms with van der Waals surface area (Å²) >= 11 is 0. The first-order chi connectivity index (χ1) is 6.60. The Kier molecular flexibility index (Phi) is 4.35. The zero-order valence-corrected chi connectivity index (χ0v) is 10.1. The van der Waals surface area contributed by atoms with Crippen LogP contribution >= 0.6 is 0 Å². The van der Waals surface area contributed by atoms with Crippen molar-refractivity contribution in [2.24, 2.45) is 0 Å². The highest BCUT2D eigenvalue weighted by molar-refractivity contribution is 4.97. The number of nitrogens with one attached hydrogen (secondary N) is 1. The Morgan fingerprint density at radius 1 is 1.21 bits per heavy atom. The number of nitrogens with zero attached hydrogens (tertiary/aromatic N) is 2. The molecule has 14 heavy (non-hydrogen) atoms. The van der Waals surface area contributed by atoms with Crippen molar-refractivity contribution in [3.8, 4) is 0 Å². The van der Waals surface area contributed by atoms with Gasteiger partial charge >= 0.3 is 0 Å². The van der Waals surface area contributed by atoms with Crippen LogP contribution in [0, 0.1) is 0 Å². The van der Waals surface area contributed by atoms with E-state index in [0.717, 1.165) is 13.1 Å². The maximum Gasteiger partial charge on any atom is 0.0330 e. The summed E-state index contributed by atoms with van der Waals surface area (Å²) in [6.45, 7) is 3.44. The van der Waals surface area contributed by atoms with Crippen LogP contribution in [0.25, 0.3) is 0 Å². The molecule has 1 aliphatic rings. The van der Waals surface area contributed by atoms with Gasteiger partial charge in [0.25, 0.3) is 0 Å². The van der Waals surface area contributed by atoms with Crippen LogP contribution in [0.4, 0.5) is 0 Å². The van der Waals surface area contributed by atoms with Gasteiger partial charge in [0.1, 0.15) is 0 Å². The molecule has 0 unspecified atom stereocenters. The molecule has 0 aromatic rings. The van der Waals surface area contributed by atoms with Crippen LogP contribution in [0.15, 0.2) is 0 Å². The molecule has 0 aromatic heterocycles. The molecule has 0 saturated heterocycles. The van der Waals surface area contributed by atoms with E-state index in [0.29, 0.717) is 5.54 Å². The smallest absolute Gasteiger partial charge is 0.0330 e. The first-order valence-corrected chi connectivity index (χ1v) is 5.61. The van der Waals surface area contributed by atoms with Crippen LogP contribution < -0.4 is 5.32 Å². The Balaban J connectivity index is 2.33. The molecule has 1 saturated carbocycles. The standard InChI is InChI=1S/C11H25N3/c1-12-8-9-14(4)10-11(13(2)3)6-5-7-11/h12H,5-10H2,1-4H3. The van der Waals surface area contributed by atoms with Gasteiger partial charge < -0.3 is 15.1 Å². The lowest BCUT2D eigenvalue weighted by Gasteiger charge is -2.49. The highest BCUT2D eigenvalue weighted by Gasteiger charge is 2.39. The summed E-state index contributed by atoms with van der Waals surface area (Å²) in [5.74, 6) is 0. The summed E-state index contributed by atoms with van der Waals surface area (Å²) in [5.41, 5.74) is 0.475. The fourth-order valence-electron chi connectivity index (χ4n) is 2.22. The molecule has 0 atom stereocenters. The van der Waals surface area contributed by atoms with Crippen molar-refractivity contribution in [2.75, 3.05) is 47.8 Å². The van der Waals surface area contributed by atoms with Gasteiger partial charge in [-0.05, 0) is 47.5 Å². The van der Waals surface area contributed by atoms with Gasteiger partial charge in [-0.15, -0.1) is 0 Å². The van der Waals surface area contributed by atoms with E-state index in [2.05, 4.69) is 36.3 Å². The van der Waals surface area contributed by atoms with E-state index in [-0.39, 0.29) is 0 Å². The third-order valence-electron chi connectivity index (χ3n) is 3.54. The van der Waals surface area contributed by atoms with E-state index in [1.54, 1.807) is 0 Å². The largest absolute Gasteiger partial charge is 0.318 e. The minimum Gasteiger partial charge on any atom is -0.318 e. The normalized spacial score (nSPS) is 20.1. The molecule has 0 aliphatic heterocycles. The molecule has 1 fully saturated rings. The van der Waals surface area contributed by atoms with Crippen molar-refractivity contribution in [1.82, 2.24) is 15.1 Å². The third-order valence-corrected chi connectivity index (χ3v) is 3.54. The first-order valence-electron chi connectivity index (χ1n) is 5.61. The minimum atomic E-state index is 0.475. The highest BCUT2D eigenvalue weighted by atomic mass is 15.2. The summed E-state index contributed by atoms with van der Waals surface area (Å²) in [6, 6.07) is 0. The predicted octanol–water partition coefficient (Wildman–Crippen LogP) is 0.622. The van der Waals surface area contributed by atoms with Gasteiger partial charge in [-0.3, -0.25) is 0 Å². The molecule has 0 spiro atoms. The lowest BCUT2D eigenvalue weighted by molar-refractivity contribution is 0.0283. The van der Waals surface area contributed by atoms with E-state index in [9.17, 15) is 0 Å². The Bertz CT molecular complexity index is 164. The van der Waals surface area contributed by atoms with Gasteiger partial charge in [-0.25, -0.2) is 0 Å². The lowest BCUT2D eigenvalue weighted by atomic mass is 9.75. The molecule has 1 rings (SSSR count).